The molecule has 2 N–H and O–H groups in total. The first kappa shape index (κ1) is 17.5. The van der Waals surface area contributed by atoms with Gasteiger partial charge in [0.1, 0.15) is 5.75 Å². The summed E-state index contributed by atoms with van der Waals surface area (Å²) in [6.07, 6.45) is 0.702. The molecule has 0 aliphatic carbocycles. The van der Waals surface area contributed by atoms with Crippen molar-refractivity contribution >= 4 is 11.8 Å². The van der Waals surface area contributed by atoms with Crippen molar-refractivity contribution in [3.8, 4) is 5.75 Å². The van der Waals surface area contributed by atoms with Gasteiger partial charge in [-0.2, -0.15) is 5.10 Å². The van der Waals surface area contributed by atoms with Gasteiger partial charge in [-0.3, -0.25) is 25.1 Å². The minimum atomic E-state index is -0.749. The smallest absolute Gasteiger partial charge is 0.279 e. The van der Waals surface area contributed by atoms with Gasteiger partial charge in [0.15, 0.2) is 6.10 Å². The molecule has 128 valence electrons. The quantitative estimate of drug-likeness (QED) is 0.834. The van der Waals surface area contributed by atoms with Gasteiger partial charge < -0.3 is 4.74 Å². The summed E-state index contributed by atoms with van der Waals surface area (Å²) >= 11 is 0. The van der Waals surface area contributed by atoms with Gasteiger partial charge in [-0.25, -0.2) is 0 Å². The average Bonchev–Trinajstić information content (AvgIpc) is 2.88. The molecule has 1 aromatic heterocycles. The Labute approximate surface area is 141 Å². The zero-order valence-corrected chi connectivity index (χ0v) is 14.5. The first-order valence-electron chi connectivity index (χ1n) is 7.63. The van der Waals surface area contributed by atoms with Crippen LogP contribution in [0, 0.1) is 20.8 Å². The van der Waals surface area contributed by atoms with Crippen LogP contribution in [0.4, 0.5) is 0 Å². The van der Waals surface area contributed by atoms with Crippen LogP contribution in [-0.4, -0.2) is 27.7 Å². The Hall–Kier alpha value is -2.83. The van der Waals surface area contributed by atoms with Gasteiger partial charge in [0, 0.05) is 12.7 Å². The Kier molecular flexibility index (Phi) is 5.23. The van der Waals surface area contributed by atoms with Crippen molar-refractivity contribution in [2.75, 3.05) is 0 Å². The standard InChI is InChI=1S/C17H22N4O3/c1-10-7-6-8-15(11(10)2)24-13(4)16(22)19-20-17(23)14-9-18-21(5)12(14)3/h6-9,13H,1-5H3,(H,19,22)(H,20,23)/t13-/m0/s1. The van der Waals surface area contributed by atoms with E-state index >= 15 is 0 Å². The summed E-state index contributed by atoms with van der Waals surface area (Å²) in [6.45, 7) is 7.31. The Morgan fingerprint density at radius 1 is 1.21 bits per heavy atom. The third kappa shape index (κ3) is 3.73. The molecule has 0 aliphatic rings. The van der Waals surface area contributed by atoms with E-state index < -0.39 is 17.9 Å². The fourth-order valence-corrected chi connectivity index (χ4v) is 2.10. The number of nitrogens with one attached hydrogen (secondary N) is 2. The number of hydrogen-bond donors (Lipinski definition) is 2. The highest BCUT2D eigenvalue weighted by molar-refractivity contribution is 5.96. The molecule has 0 saturated heterocycles. The van der Waals surface area contributed by atoms with Crippen LogP contribution in [0.5, 0.6) is 5.75 Å². The molecule has 1 heterocycles. The van der Waals surface area contributed by atoms with Gasteiger partial charge in [-0.05, 0) is 44.9 Å². The van der Waals surface area contributed by atoms with Crippen molar-refractivity contribution in [3.05, 3.63) is 46.8 Å². The van der Waals surface area contributed by atoms with E-state index in [0.29, 0.717) is 17.0 Å². The normalized spacial score (nSPS) is 11.7. The second-order valence-electron chi connectivity index (χ2n) is 5.67. The molecule has 7 heteroatoms. The predicted octanol–water partition coefficient (Wildman–Crippen LogP) is 1.57. The number of carbonyl (C=O) groups excluding carboxylic acids is 2. The van der Waals surface area contributed by atoms with Crippen LogP contribution in [0.15, 0.2) is 24.4 Å². The monoisotopic (exact) mass is 330 g/mol. The summed E-state index contributed by atoms with van der Waals surface area (Å²) in [5, 5.41) is 3.99. The lowest BCUT2D eigenvalue weighted by atomic mass is 10.1. The number of carbonyl (C=O) groups is 2. The highest BCUT2D eigenvalue weighted by Crippen LogP contribution is 2.21. The summed E-state index contributed by atoms with van der Waals surface area (Å²) in [6, 6.07) is 5.66. The van der Waals surface area contributed by atoms with Gasteiger partial charge >= 0.3 is 0 Å². The van der Waals surface area contributed by atoms with Crippen molar-refractivity contribution in [1.82, 2.24) is 20.6 Å². The molecule has 2 rings (SSSR count). The number of hydrazine groups is 1. The van der Waals surface area contributed by atoms with E-state index in [2.05, 4.69) is 16.0 Å². The second-order valence-corrected chi connectivity index (χ2v) is 5.67. The maximum Gasteiger partial charge on any atom is 0.279 e. The molecule has 1 atom stereocenters. The van der Waals surface area contributed by atoms with Crippen LogP contribution >= 0.6 is 0 Å². The number of nitrogens with zero attached hydrogens (tertiary/aromatic N) is 2. The lowest BCUT2D eigenvalue weighted by Gasteiger charge is -2.17. The van der Waals surface area contributed by atoms with Gasteiger partial charge in [0.25, 0.3) is 11.8 Å². The van der Waals surface area contributed by atoms with Crippen LogP contribution < -0.4 is 15.6 Å². The van der Waals surface area contributed by atoms with Crippen molar-refractivity contribution in [3.63, 3.8) is 0 Å². The largest absolute Gasteiger partial charge is 0.481 e. The Bertz CT molecular complexity index is 767. The molecule has 2 aromatic rings. The predicted molar refractivity (Wildman–Crippen MR) is 89.6 cm³/mol. The Morgan fingerprint density at radius 2 is 1.92 bits per heavy atom. The number of benzene rings is 1. The lowest BCUT2D eigenvalue weighted by Crippen LogP contribution is -2.47. The summed E-state index contributed by atoms with van der Waals surface area (Å²) < 4.78 is 7.26. The summed E-state index contributed by atoms with van der Waals surface area (Å²) in [5.41, 5.74) is 7.92. The maximum atomic E-state index is 12.1. The molecule has 24 heavy (non-hydrogen) atoms. The lowest BCUT2D eigenvalue weighted by molar-refractivity contribution is -0.128. The summed E-state index contributed by atoms with van der Waals surface area (Å²) in [5.74, 6) is -0.217. The SMILES string of the molecule is Cc1cccc(O[C@@H](C)C(=O)NNC(=O)c2cnn(C)c2C)c1C. The third-order valence-corrected chi connectivity index (χ3v) is 4.01. The molecule has 0 spiro atoms. The fourth-order valence-electron chi connectivity index (χ4n) is 2.10. The van der Waals surface area contributed by atoms with E-state index in [1.165, 1.54) is 6.20 Å². The van der Waals surface area contributed by atoms with Crippen molar-refractivity contribution in [1.29, 1.82) is 0 Å². The molecule has 0 aliphatic heterocycles. The molecule has 1 aromatic carbocycles. The van der Waals surface area contributed by atoms with E-state index in [9.17, 15) is 9.59 Å². The number of hydrogen-bond acceptors (Lipinski definition) is 4. The number of rotatable bonds is 4. The van der Waals surface area contributed by atoms with Crippen LogP contribution in [0.3, 0.4) is 0 Å². The molecular weight excluding hydrogens is 308 g/mol. The minimum absolute atomic E-state index is 0.404. The number of aromatic nitrogens is 2. The van der Waals surface area contributed by atoms with Crippen LogP contribution in [0.1, 0.15) is 34.1 Å². The molecule has 0 unspecified atom stereocenters. The van der Waals surface area contributed by atoms with Crippen molar-refractivity contribution in [2.45, 2.75) is 33.8 Å². The summed E-state index contributed by atoms with van der Waals surface area (Å²) in [4.78, 5) is 24.1. The Balaban J connectivity index is 1.93. The summed E-state index contributed by atoms with van der Waals surface area (Å²) in [7, 11) is 1.74. The first-order chi connectivity index (χ1) is 11.3. The van der Waals surface area contributed by atoms with Crippen molar-refractivity contribution < 1.29 is 14.3 Å². The van der Waals surface area contributed by atoms with Crippen LogP contribution in [-0.2, 0) is 11.8 Å². The molecule has 0 bridgehead atoms. The number of ether oxygens (including phenoxy) is 1. The van der Waals surface area contributed by atoms with Crippen molar-refractivity contribution in [2.24, 2.45) is 7.05 Å². The average molecular weight is 330 g/mol. The number of aryl methyl sites for hydroxylation is 2. The van der Waals surface area contributed by atoms with Gasteiger partial charge in [-0.1, -0.05) is 12.1 Å². The molecule has 0 fully saturated rings. The van der Waals surface area contributed by atoms with Gasteiger partial charge in [0.05, 0.1) is 11.8 Å². The molecule has 2 amide bonds. The molecule has 0 radical (unpaired) electrons. The van der Waals surface area contributed by atoms with E-state index in [1.54, 1.807) is 25.6 Å². The highest BCUT2D eigenvalue weighted by atomic mass is 16.5. The highest BCUT2D eigenvalue weighted by Gasteiger charge is 2.18. The zero-order chi connectivity index (χ0) is 17.9. The van der Waals surface area contributed by atoms with E-state index in [1.807, 2.05) is 32.0 Å². The second kappa shape index (κ2) is 7.16. The zero-order valence-electron chi connectivity index (χ0n) is 14.5. The molecular formula is C17H22N4O3. The number of amides is 2. The molecule has 0 saturated carbocycles. The molecule has 7 nitrogen and oxygen atoms in total. The maximum absolute atomic E-state index is 12.1. The Morgan fingerprint density at radius 3 is 2.54 bits per heavy atom. The van der Waals surface area contributed by atoms with Gasteiger partial charge in [0.2, 0.25) is 0 Å². The third-order valence-electron chi connectivity index (χ3n) is 4.01. The van der Waals surface area contributed by atoms with Gasteiger partial charge in [-0.15, -0.1) is 0 Å². The van der Waals surface area contributed by atoms with Crippen LogP contribution in [0.25, 0.3) is 0 Å². The fraction of sp³-hybridized carbons (Fsp3) is 0.353. The van der Waals surface area contributed by atoms with E-state index in [0.717, 1.165) is 11.1 Å². The first-order valence-corrected chi connectivity index (χ1v) is 7.63. The van der Waals surface area contributed by atoms with E-state index in [-0.39, 0.29) is 0 Å². The van der Waals surface area contributed by atoms with Crippen LogP contribution in [0.2, 0.25) is 0 Å². The van der Waals surface area contributed by atoms with E-state index in [4.69, 9.17) is 4.74 Å². The minimum Gasteiger partial charge on any atom is -0.481 e. The topological polar surface area (TPSA) is 85.2 Å².